The van der Waals surface area contributed by atoms with E-state index in [-0.39, 0.29) is 6.01 Å². The minimum absolute atomic E-state index is 0.176. The van der Waals surface area contributed by atoms with Gasteiger partial charge in [-0.2, -0.15) is 4.98 Å². The van der Waals surface area contributed by atoms with Crippen molar-refractivity contribution in [3.63, 3.8) is 0 Å². The van der Waals surface area contributed by atoms with E-state index in [1.165, 1.54) is 0 Å². The Morgan fingerprint density at radius 2 is 2.12 bits per heavy atom. The molecule has 0 bridgehead atoms. The summed E-state index contributed by atoms with van der Waals surface area (Å²) in [5.74, 6) is 0.869. The van der Waals surface area contributed by atoms with Crippen LogP contribution in [-0.4, -0.2) is 23.1 Å². The van der Waals surface area contributed by atoms with Gasteiger partial charge in [-0.3, -0.25) is 0 Å². The number of nitrogens with zero attached hydrogens (tertiary/aromatic N) is 1. The van der Waals surface area contributed by atoms with Crippen LogP contribution in [0.1, 0.15) is 0 Å². The highest BCUT2D eigenvalue weighted by Gasteiger charge is 2.20. The number of H-pyrrole nitrogens is 1. The lowest BCUT2D eigenvalue weighted by atomic mass is 10.1. The molecule has 0 atom stereocenters. The molecule has 4 N–H and O–H groups in total. The van der Waals surface area contributed by atoms with E-state index in [1.54, 1.807) is 0 Å². The highest BCUT2D eigenvalue weighted by molar-refractivity contribution is 9.10. The van der Waals surface area contributed by atoms with Crippen molar-refractivity contribution in [2.45, 2.75) is 0 Å². The average Bonchev–Trinajstić information content (AvgIpc) is 3.02. The average molecular weight is 385 g/mol. The van der Waals surface area contributed by atoms with E-state index in [0.29, 0.717) is 12.2 Å². The molecular weight excluding hydrogens is 372 g/mol. The Morgan fingerprint density at radius 3 is 3.04 bits per heavy atom. The molecule has 1 aliphatic rings. The molecule has 2 aromatic heterocycles. The molecule has 7 heteroatoms. The number of nitrogen functional groups attached to an aromatic ring is 1. The quantitative estimate of drug-likeness (QED) is 0.459. The predicted molar refractivity (Wildman–Crippen MR) is 97.4 cm³/mol. The number of hydrogen-bond acceptors (Lipinski definition) is 5. The number of benzene rings is 2. The lowest BCUT2D eigenvalue weighted by Crippen LogP contribution is -2.08. The summed E-state index contributed by atoms with van der Waals surface area (Å²) in [7, 11) is 0. The molecule has 0 radical (unpaired) electrons. The zero-order valence-corrected chi connectivity index (χ0v) is 14.1. The zero-order valence-electron chi connectivity index (χ0n) is 12.5. The minimum Gasteiger partial charge on any atom is -0.491 e. The highest BCUT2D eigenvalue weighted by atomic mass is 79.9. The molecule has 0 unspecified atom stereocenters. The Bertz CT molecular complexity index is 1100. The van der Waals surface area contributed by atoms with E-state index < -0.39 is 0 Å². The SMILES string of the molecule is Nc1nc2cc(-c3[nH]c4cc(Br)cc5c4c3NCCO5)ccc2o1. The first kappa shape index (κ1) is 13.7. The Labute approximate surface area is 145 Å². The van der Waals surface area contributed by atoms with Gasteiger partial charge in [0.05, 0.1) is 22.3 Å². The maximum atomic E-state index is 5.87. The zero-order chi connectivity index (χ0) is 16.3. The van der Waals surface area contributed by atoms with Crippen molar-refractivity contribution in [2.24, 2.45) is 0 Å². The number of anilines is 2. The molecule has 4 aromatic rings. The smallest absolute Gasteiger partial charge is 0.292 e. The summed E-state index contributed by atoms with van der Waals surface area (Å²) in [4.78, 5) is 7.71. The molecule has 120 valence electrons. The van der Waals surface area contributed by atoms with Gasteiger partial charge in [0.2, 0.25) is 0 Å². The van der Waals surface area contributed by atoms with Gasteiger partial charge in [0.25, 0.3) is 6.01 Å². The Balaban J connectivity index is 1.79. The number of halogens is 1. The van der Waals surface area contributed by atoms with Crippen LogP contribution in [0.25, 0.3) is 33.3 Å². The second-order valence-electron chi connectivity index (χ2n) is 5.71. The van der Waals surface area contributed by atoms with Crippen molar-refractivity contribution in [1.82, 2.24) is 9.97 Å². The molecule has 0 fully saturated rings. The van der Waals surface area contributed by atoms with Crippen molar-refractivity contribution >= 4 is 49.6 Å². The first-order valence-electron chi connectivity index (χ1n) is 7.57. The fourth-order valence-electron chi connectivity index (χ4n) is 3.21. The molecule has 5 rings (SSSR count). The number of rotatable bonds is 1. The maximum absolute atomic E-state index is 5.87. The summed E-state index contributed by atoms with van der Waals surface area (Å²) in [6, 6.07) is 10.1. The number of ether oxygens (including phenoxy) is 1. The van der Waals surface area contributed by atoms with Gasteiger partial charge in [-0.05, 0) is 30.3 Å². The van der Waals surface area contributed by atoms with Gasteiger partial charge in [0.1, 0.15) is 17.9 Å². The first-order valence-corrected chi connectivity index (χ1v) is 8.37. The summed E-state index contributed by atoms with van der Waals surface area (Å²) in [6.45, 7) is 1.37. The van der Waals surface area contributed by atoms with Gasteiger partial charge < -0.3 is 25.2 Å². The van der Waals surface area contributed by atoms with Crippen LogP contribution in [0.4, 0.5) is 11.7 Å². The van der Waals surface area contributed by atoms with Gasteiger partial charge in [-0.15, -0.1) is 0 Å². The van der Waals surface area contributed by atoms with E-state index >= 15 is 0 Å². The van der Waals surface area contributed by atoms with E-state index in [9.17, 15) is 0 Å². The third-order valence-corrected chi connectivity index (χ3v) is 4.64. The summed E-state index contributed by atoms with van der Waals surface area (Å²) in [5.41, 5.74) is 11.1. The molecule has 0 amide bonds. The first-order chi connectivity index (χ1) is 11.7. The lowest BCUT2D eigenvalue weighted by molar-refractivity contribution is 0.339. The van der Waals surface area contributed by atoms with Crippen molar-refractivity contribution in [2.75, 3.05) is 24.2 Å². The second kappa shape index (κ2) is 4.91. The number of nitrogens with two attached hydrogens (primary N) is 1. The number of nitrogens with one attached hydrogen (secondary N) is 2. The third kappa shape index (κ3) is 1.98. The molecule has 2 aromatic carbocycles. The number of hydrogen-bond donors (Lipinski definition) is 3. The number of aromatic amines is 1. The molecule has 0 saturated carbocycles. The monoisotopic (exact) mass is 384 g/mol. The van der Waals surface area contributed by atoms with Crippen LogP contribution in [0.3, 0.4) is 0 Å². The van der Waals surface area contributed by atoms with Gasteiger partial charge in [0.15, 0.2) is 5.58 Å². The Hall–Kier alpha value is -2.67. The van der Waals surface area contributed by atoms with Crippen molar-refractivity contribution < 1.29 is 9.15 Å². The van der Waals surface area contributed by atoms with Crippen LogP contribution in [0.15, 0.2) is 39.2 Å². The second-order valence-corrected chi connectivity index (χ2v) is 6.63. The molecule has 0 aliphatic carbocycles. The fourth-order valence-corrected chi connectivity index (χ4v) is 3.64. The number of fused-ring (bicyclic) bond motifs is 1. The van der Waals surface area contributed by atoms with Crippen molar-refractivity contribution in [3.05, 3.63) is 34.8 Å². The maximum Gasteiger partial charge on any atom is 0.292 e. The van der Waals surface area contributed by atoms with E-state index in [1.807, 2.05) is 24.3 Å². The summed E-state index contributed by atoms with van der Waals surface area (Å²) >= 11 is 3.54. The molecule has 6 nitrogen and oxygen atoms in total. The van der Waals surface area contributed by atoms with Crippen LogP contribution in [-0.2, 0) is 0 Å². The van der Waals surface area contributed by atoms with Gasteiger partial charge in [-0.25, -0.2) is 0 Å². The number of aromatic nitrogens is 2. The predicted octanol–water partition coefficient (Wildman–Crippen LogP) is 4.13. The molecule has 24 heavy (non-hydrogen) atoms. The minimum atomic E-state index is 0.176. The van der Waals surface area contributed by atoms with E-state index in [4.69, 9.17) is 14.9 Å². The van der Waals surface area contributed by atoms with Crippen molar-refractivity contribution in [1.29, 1.82) is 0 Å². The molecule has 0 saturated heterocycles. The third-order valence-electron chi connectivity index (χ3n) is 4.18. The van der Waals surface area contributed by atoms with Crippen LogP contribution in [0, 0.1) is 0 Å². The fraction of sp³-hybridized carbons (Fsp3) is 0.118. The van der Waals surface area contributed by atoms with Gasteiger partial charge in [-0.1, -0.05) is 15.9 Å². The van der Waals surface area contributed by atoms with E-state index in [0.717, 1.165) is 50.1 Å². The summed E-state index contributed by atoms with van der Waals surface area (Å²) in [6.07, 6.45) is 0. The number of oxazole rings is 1. The van der Waals surface area contributed by atoms with Gasteiger partial charge >= 0.3 is 0 Å². The highest BCUT2D eigenvalue weighted by Crippen LogP contribution is 2.43. The Kier molecular flexibility index (Phi) is 2.81. The van der Waals surface area contributed by atoms with Gasteiger partial charge in [0, 0.05) is 16.6 Å². The normalized spacial score (nSPS) is 13.7. The molecule has 0 spiro atoms. The van der Waals surface area contributed by atoms with Crippen LogP contribution in [0.2, 0.25) is 0 Å². The van der Waals surface area contributed by atoms with Crippen LogP contribution in [0.5, 0.6) is 5.75 Å². The Morgan fingerprint density at radius 1 is 1.21 bits per heavy atom. The molecule has 3 heterocycles. The standard InChI is InChI=1S/C17H13BrN4O2/c18-9-6-11-14-13(7-9)23-4-3-20-16(14)15(21-11)8-1-2-12-10(5-8)22-17(19)24-12/h1-2,5-7,20-21H,3-4H2,(H2,19,22). The van der Waals surface area contributed by atoms with Crippen LogP contribution >= 0.6 is 15.9 Å². The largest absolute Gasteiger partial charge is 0.491 e. The summed E-state index contributed by atoms with van der Waals surface area (Å²) < 4.78 is 12.2. The van der Waals surface area contributed by atoms with E-state index in [2.05, 4.69) is 37.3 Å². The topological polar surface area (TPSA) is 89.1 Å². The molecule has 1 aliphatic heterocycles. The lowest BCUT2D eigenvalue weighted by Gasteiger charge is -2.05. The molecular formula is C17H13BrN4O2. The summed E-state index contributed by atoms with van der Waals surface area (Å²) in [5, 5.41) is 4.53. The van der Waals surface area contributed by atoms with Crippen molar-refractivity contribution in [3.8, 4) is 17.0 Å². The van der Waals surface area contributed by atoms with Crippen LogP contribution < -0.4 is 15.8 Å².